The smallest absolute Gasteiger partial charge is 0.219 e. The van der Waals surface area contributed by atoms with E-state index in [0.29, 0.717) is 11.6 Å². The topological polar surface area (TPSA) is 58.0 Å². The van der Waals surface area contributed by atoms with Crippen molar-refractivity contribution in [2.75, 3.05) is 14.1 Å². The second-order valence-electron chi connectivity index (χ2n) is 4.91. The molecule has 5 heteroatoms. The number of pyridine rings is 1. The van der Waals surface area contributed by atoms with Gasteiger partial charge >= 0.3 is 0 Å². The van der Waals surface area contributed by atoms with Crippen molar-refractivity contribution in [3.05, 3.63) is 48.2 Å². The van der Waals surface area contributed by atoms with E-state index in [1.807, 2.05) is 49.3 Å². The first kappa shape index (κ1) is 15.0. The lowest BCUT2D eigenvalue weighted by atomic mass is 10.1. The van der Waals surface area contributed by atoms with Crippen LogP contribution in [0.1, 0.15) is 18.6 Å². The minimum atomic E-state index is -0.481. The van der Waals surface area contributed by atoms with E-state index in [2.05, 4.69) is 9.98 Å². The number of aliphatic imine (C=N–C) groups is 1. The molecule has 1 aromatic heterocycles. The number of nitrogens with zero attached hydrogens (tertiary/aromatic N) is 3. The summed E-state index contributed by atoms with van der Waals surface area (Å²) < 4.78 is 5.64. The third-order valence-corrected chi connectivity index (χ3v) is 2.74. The van der Waals surface area contributed by atoms with Crippen molar-refractivity contribution >= 4 is 12.0 Å². The van der Waals surface area contributed by atoms with Gasteiger partial charge in [-0.15, -0.1) is 0 Å². The molecule has 0 aliphatic rings. The highest BCUT2D eigenvalue weighted by Gasteiger charge is 2.02. The van der Waals surface area contributed by atoms with Crippen LogP contribution in [0.5, 0.6) is 11.6 Å². The third kappa shape index (κ3) is 4.57. The molecule has 0 saturated heterocycles. The maximum absolute atomic E-state index is 9.45. The predicted octanol–water partition coefficient (Wildman–Crippen LogP) is 3.15. The van der Waals surface area contributed by atoms with E-state index in [4.69, 9.17) is 4.74 Å². The second-order valence-corrected chi connectivity index (χ2v) is 4.91. The van der Waals surface area contributed by atoms with Gasteiger partial charge in [0, 0.05) is 20.2 Å². The zero-order valence-corrected chi connectivity index (χ0v) is 12.4. The van der Waals surface area contributed by atoms with Gasteiger partial charge in [0.2, 0.25) is 5.88 Å². The van der Waals surface area contributed by atoms with Crippen LogP contribution in [0.3, 0.4) is 0 Å². The summed E-state index contributed by atoms with van der Waals surface area (Å²) in [6, 6.07) is 10.9. The van der Waals surface area contributed by atoms with Crippen LogP contribution < -0.4 is 4.74 Å². The van der Waals surface area contributed by atoms with E-state index < -0.39 is 6.10 Å². The number of ether oxygens (including phenoxy) is 1. The first-order chi connectivity index (χ1) is 10.0. The van der Waals surface area contributed by atoms with Gasteiger partial charge in [0.25, 0.3) is 0 Å². The highest BCUT2D eigenvalue weighted by molar-refractivity contribution is 5.60. The number of aliphatic hydroxyl groups is 1. The van der Waals surface area contributed by atoms with E-state index in [1.165, 1.54) is 0 Å². The fraction of sp³-hybridized carbons (Fsp3) is 0.250. The average Bonchev–Trinajstić information content (AvgIpc) is 2.47. The van der Waals surface area contributed by atoms with Crippen molar-refractivity contribution < 1.29 is 9.84 Å². The molecule has 5 nitrogen and oxygen atoms in total. The second kappa shape index (κ2) is 6.85. The van der Waals surface area contributed by atoms with E-state index in [-0.39, 0.29) is 0 Å². The highest BCUT2D eigenvalue weighted by Crippen LogP contribution is 2.23. The molecule has 0 spiro atoms. The van der Waals surface area contributed by atoms with Gasteiger partial charge in [-0.1, -0.05) is 12.1 Å². The molecule has 0 aliphatic heterocycles. The first-order valence-corrected chi connectivity index (χ1v) is 6.67. The molecule has 1 N–H and O–H groups in total. The lowest BCUT2D eigenvalue weighted by Crippen LogP contribution is -2.06. The van der Waals surface area contributed by atoms with E-state index in [1.54, 1.807) is 25.5 Å². The van der Waals surface area contributed by atoms with Crippen molar-refractivity contribution in [2.45, 2.75) is 13.0 Å². The first-order valence-electron chi connectivity index (χ1n) is 6.67. The van der Waals surface area contributed by atoms with E-state index in [9.17, 15) is 5.11 Å². The van der Waals surface area contributed by atoms with Crippen LogP contribution in [0.4, 0.5) is 5.69 Å². The van der Waals surface area contributed by atoms with E-state index in [0.717, 1.165) is 11.3 Å². The molecule has 2 aromatic rings. The van der Waals surface area contributed by atoms with E-state index >= 15 is 0 Å². The Balaban J connectivity index is 2.03. The van der Waals surface area contributed by atoms with Crippen LogP contribution in [-0.4, -0.2) is 35.4 Å². The summed E-state index contributed by atoms with van der Waals surface area (Å²) in [4.78, 5) is 10.3. The van der Waals surface area contributed by atoms with Gasteiger partial charge in [-0.25, -0.2) is 9.98 Å². The molecule has 1 atom stereocenters. The summed E-state index contributed by atoms with van der Waals surface area (Å²) in [7, 11) is 3.82. The Morgan fingerprint density at radius 2 is 1.90 bits per heavy atom. The van der Waals surface area contributed by atoms with Crippen molar-refractivity contribution in [1.29, 1.82) is 0 Å². The molecule has 0 amide bonds. The largest absolute Gasteiger partial charge is 0.439 e. The van der Waals surface area contributed by atoms with Gasteiger partial charge in [-0.05, 0) is 30.7 Å². The molecule has 110 valence electrons. The SMILES string of the molecule is CC(O)c1ccc(Oc2ccc(/N=C/N(C)C)cn2)cc1. The van der Waals surface area contributed by atoms with Gasteiger partial charge in [0.15, 0.2) is 0 Å². The maximum atomic E-state index is 9.45. The van der Waals surface area contributed by atoms with Gasteiger partial charge in [0.1, 0.15) is 5.75 Å². The quantitative estimate of drug-likeness (QED) is 0.677. The minimum Gasteiger partial charge on any atom is -0.439 e. The van der Waals surface area contributed by atoms with Gasteiger partial charge < -0.3 is 14.7 Å². The van der Waals surface area contributed by atoms with Gasteiger partial charge in [-0.2, -0.15) is 0 Å². The van der Waals surface area contributed by atoms with Crippen molar-refractivity contribution in [1.82, 2.24) is 9.88 Å². The number of hydrogen-bond donors (Lipinski definition) is 1. The monoisotopic (exact) mass is 285 g/mol. The third-order valence-electron chi connectivity index (χ3n) is 2.74. The lowest BCUT2D eigenvalue weighted by molar-refractivity contribution is 0.199. The Morgan fingerprint density at radius 1 is 1.19 bits per heavy atom. The molecule has 2 rings (SSSR count). The predicted molar refractivity (Wildman–Crippen MR) is 83.2 cm³/mol. The number of aromatic nitrogens is 1. The lowest BCUT2D eigenvalue weighted by Gasteiger charge is -2.07. The Kier molecular flexibility index (Phi) is 4.90. The van der Waals surface area contributed by atoms with Gasteiger partial charge in [0.05, 0.1) is 24.3 Å². The van der Waals surface area contributed by atoms with Gasteiger partial charge in [-0.3, -0.25) is 0 Å². The fourth-order valence-corrected chi connectivity index (χ4v) is 1.63. The van der Waals surface area contributed by atoms with Crippen LogP contribution in [-0.2, 0) is 0 Å². The number of rotatable bonds is 5. The normalized spacial score (nSPS) is 12.4. The summed E-state index contributed by atoms with van der Waals surface area (Å²) in [5.41, 5.74) is 1.61. The van der Waals surface area contributed by atoms with Crippen molar-refractivity contribution in [3.63, 3.8) is 0 Å². The number of aliphatic hydroxyl groups excluding tert-OH is 1. The van der Waals surface area contributed by atoms with Crippen LogP contribution in [0, 0.1) is 0 Å². The fourth-order valence-electron chi connectivity index (χ4n) is 1.63. The van der Waals surface area contributed by atoms with Crippen molar-refractivity contribution in [2.24, 2.45) is 4.99 Å². The summed E-state index contributed by atoms with van der Waals surface area (Å²) in [6.07, 6.45) is 2.89. The Morgan fingerprint density at radius 3 is 2.43 bits per heavy atom. The minimum absolute atomic E-state index is 0.481. The number of benzene rings is 1. The molecule has 1 heterocycles. The van der Waals surface area contributed by atoms with Crippen LogP contribution >= 0.6 is 0 Å². The Hall–Kier alpha value is -2.40. The Labute approximate surface area is 124 Å². The standard InChI is InChI=1S/C16H19N3O2/c1-12(20)13-4-7-15(8-5-13)21-16-9-6-14(10-17-16)18-11-19(2)3/h4-12,20H,1-3H3/b18-11+. The summed E-state index contributed by atoms with van der Waals surface area (Å²) in [5, 5.41) is 9.45. The van der Waals surface area contributed by atoms with Crippen LogP contribution in [0.2, 0.25) is 0 Å². The molecule has 0 saturated carbocycles. The van der Waals surface area contributed by atoms with Crippen LogP contribution in [0.25, 0.3) is 0 Å². The summed E-state index contributed by atoms with van der Waals surface area (Å²) >= 11 is 0. The Bertz CT molecular complexity index is 590. The molecule has 1 aromatic carbocycles. The average molecular weight is 285 g/mol. The van der Waals surface area contributed by atoms with Crippen molar-refractivity contribution in [3.8, 4) is 11.6 Å². The summed E-state index contributed by atoms with van der Waals surface area (Å²) in [6.45, 7) is 1.73. The molecule has 0 fully saturated rings. The molecule has 21 heavy (non-hydrogen) atoms. The maximum Gasteiger partial charge on any atom is 0.219 e. The molecule has 1 unspecified atom stereocenters. The number of hydrogen-bond acceptors (Lipinski definition) is 4. The molecule has 0 bridgehead atoms. The zero-order chi connectivity index (χ0) is 15.2. The molecular formula is C16H19N3O2. The molecule has 0 radical (unpaired) electrons. The zero-order valence-electron chi connectivity index (χ0n) is 12.4. The highest BCUT2D eigenvalue weighted by atomic mass is 16.5. The molecule has 0 aliphatic carbocycles. The van der Waals surface area contributed by atoms with Crippen LogP contribution in [0.15, 0.2) is 47.6 Å². The molecular weight excluding hydrogens is 266 g/mol. The summed E-state index contributed by atoms with van der Waals surface area (Å²) in [5.74, 6) is 1.18.